The zero-order chi connectivity index (χ0) is 17.9. The van der Waals surface area contributed by atoms with Crippen LogP contribution in [0.5, 0.6) is 0 Å². The molecule has 0 aliphatic heterocycles. The van der Waals surface area contributed by atoms with Crippen molar-refractivity contribution in [2.45, 2.75) is 24.9 Å². The van der Waals surface area contributed by atoms with Gasteiger partial charge in [0.25, 0.3) is 0 Å². The van der Waals surface area contributed by atoms with Crippen molar-refractivity contribution >= 4 is 16.0 Å². The van der Waals surface area contributed by atoms with Gasteiger partial charge in [0.2, 0.25) is 10.0 Å². The van der Waals surface area contributed by atoms with Crippen LogP contribution >= 0.6 is 0 Å². The van der Waals surface area contributed by atoms with Gasteiger partial charge in [0.15, 0.2) is 0 Å². The standard InChI is InChI=1S/C16H17N3O4S/c1-3-19-11-14(8-15(19)16(20)21)24(22,23)18(2)10-13-6-4-5-12(7-13)9-17/h4-8,11H,3,10H2,1-2H3,(H,20,21). The van der Waals surface area contributed by atoms with Gasteiger partial charge in [-0.2, -0.15) is 9.57 Å². The molecule has 0 saturated heterocycles. The summed E-state index contributed by atoms with van der Waals surface area (Å²) in [4.78, 5) is 11.1. The van der Waals surface area contributed by atoms with E-state index in [0.29, 0.717) is 17.7 Å². The summed E-state index contributed by atoms with van der Waals surface area (Å²) in [6.45, 7) is 2.17. The highest BCUT2D eigenvalue weighted by Gasteiger charge is 2.25. The molecule has 126 valence electrons. The second-order valence-corrected chi connectivity index (χ2v) is 7.27. The first-order valence-corrected chi connectivity index (χ1v) is 8.62. The molecule has 0 bridgehead atoms. The third kappa shape index (κ3) is 3.48. The van der Waals surface area contributed by atoms with Crippen LogP contribution in [0.15, 0.2) is 41.4 Å². The van der Waals surface area contributed by atoms with E-state index >= 15 is 0 Å². The van der Waals surface area contributed by atoms with Crippen molar-refractivity contribution < 1.29 is 18.3 Å². The molecule has 0 atom stereocenters. The molecule has 0 unspecified atom stereocenters. The number of rotatable bonds is 6. The van der Waals surface area contributed by atoms with Gasteiger partial charge in [-0.1, -0.05) is 12.1 Å². The van der Waals surface area contributed by atoms with Crippen LogP contribution in [0.1, 0.15) is 28.5 Å². The van der Waals surface area contributed by atoms with Crippen molar-refractivity contribution in [1.82, 2.24) is 8.87 Å². The Morgan fingerprint density at radius 2 is 2.08 bits per heavy atom. The van der Waals surface area contributed by atoms with Gasteiger partial charge in [-0.25, -0.2) is 13.2 Å². The molecule has 0 radical (unpaired) electrons. The summed E-state index contributed by atoms with van der Waals surface area (Å²) < 4.78 is 27.8. The Morgan fingerprint density at radius 3 is 2.62 bits per heavy atom. The minimum atomic E-state index is -3.84. The van der Waals surface area contributed by atoms with Gasteiger partial charge in [-0.05, 0) is 30.7 Å². The number of sulfonamides is 1. The van der Waals surface area contributed by atoms with Crippen molar-refractivity contribution in [1.29, 1.82) is 5.26 Å². The fourth-order valence-electron chi connectivity index (χ4n) is 2.33. The Morgan fingerprint density at radius 1 is 1.38 bits per heavy atom. The fraction of sp³-hybridized carbons (Fsp3) is 0.250. The van der Waals surface area contributed by atoms with Gasteiger partial charge in [0, 0.05) is 26.3 Å². The fourth-order valence-corrected chi connectivity index (χ4v) is 3.53. The number of carboxylic acid groups (broad SMARTS) is 1. The molecule has 0 amide bonds. The van der Waals surface area contributed by atoms with Crippen LogP contribution in [0.4, 0.5) is 0 Å². The number of aromatic nitrogens is 1. The van der Waals surface area contributed by atoms with Crippen molar-refractivity contribution in [2.24, 2.45) is 0 Å². The summed E-state index contributed by atoms with van der Waals surface area (Å²) in [6, 6.07) is 9.83. The number of aryl methyl sites for hydroxylation is 1. The summed E-state index contributed by atoms with van der Waals surface area (Å²) in [5.74, 6) is -1.18. The quantitative estimate of drug-likeness (QED) is 0.859. The van der Waals surface area contributed by atoms with Crippen molar-refractivity contribution in [2.75, 3.05) is 7.05 Å². The van der Waals surface area contributed by atoms with Crippen LogP contribution in [0.25, 0.3) is 0 Å². The third-order valence-corrected chi connectivity index (χ3v) is 5.37. The van der Waals surface area contributed by atoms with Crippen LogP contribution in [0.2, 0.25) is 0 Å². The highest BCUT2D eigenvalue weighted by atomic mass is 32.2. The third-order valence-electron chi connectivity index (χ3n) is 3.60. The van der Waals surface area contributed by atoms with Crippen LogP contribution in [0.3, 0.4) is 0 Å². The van der Waals surface area contributed by atoms with Gasteiger partial charge in [-0.3, -0.25) is 0 Å². The molecule has 0 fully saturated rings. The van der Waals surface area contributed by atoms with E-state index < -0.39 is 16.0 Å². The Hall–Kier alpha value is -2.63. The van der Waals surface area contributed by atoms with Crippen LogP contribution in [-0.4, -0.2) is 35.4 Å². The Labute approximate surface area is 140 Å². The SMILES string of the molecule is CCn1cc(S(=O)(=O)N(C)Cc2cccc(C#N)c2)cc1C(=O)O. The second kappa shape index (κ2) is 6.86. The molecule has 2 aromatic rings. The monoisotopic (exact) mass is 347 g/mol. The van der Waals surface area contributed by atoms with E-state index in [1.807, 2.05) is 6.07 Å². The molecule has 0 aliphatic carbocycles. The van der Waals surface area contributed by atoms with E-state index in [0.717, 1.165) is 10.4 Å². The zero-order valence-corrected chi connectivity index (χ0v) is 14.1. The lowest BCUT2D eigenvalue weighted by Gasteiger charge is -2.16. The minimum Gasteiger partial charge on any atom is -0.477 e. The van der Waals surface area contributed by atoms with Crippen molar-refractivity contribution in [3.05, 3.63) is 53.3 Å². The molecule has 7 nitrogen and oxygen atoms in total. The van der Waals surface area contributed by atoms with Crippen LogP contribution < -0.4 is 0 Å². The van der Waals surface area contributed by atoms with Crippen LogP contribution in [0, 0.1) is 11.3 Å². The lowest BCUT2D eigenvalue weighted by Crippen LogP contribution is -2.26. The molecule has 0 saturated carbocycles. The molecular formula is C16H17N3O4S. The molecule has 2 rings (SSSR count). The summed E-state index contributed by atoms with van der Waals surface area (Å²) in [5, 5.41) is 18.1. The number of aromatic carboxylic acids is 1. The normalized spacial score (nSPS) is 11.4. The number of hydrogen-bond acceptors (Lipinski definition) is 4. The lowest BCUT2D eigenvalue weighted by molar-refractivity contribution is 0.0685. The number of carbonyl (C=O) groups is 1. The molecule has 1 heterocycles. The van der Waals surface area contributed by atoms with E-state index in [4.69, 9.17) is 10.4 Å². The van der Waals surface area contributed by atoms with E-state index in [9.17, 15) is 13.2 Å². The molecule has 1 aromatic heterocycles. The molecule has 24 heavy (non-hydrogen) atoms. The van der Waals surface area contributed by atoms with Gasteiger partial charge >= 0.3 is 5.97 Å². The van der Waals surface area contributed by atoms with Gasteiger partial charge in [-0.15, -0.1) is 0 Å². The maximum Gasteiger partial charge on any atom is 0.352 e. The molecule has 0 spiro atoms. The van der Waals surface area contributed by atoms with E-state index in [1.54, 1.807) is 31.2 Å². The summed E-state index contributed by atoms with van der Waals surface area (Å²) >= 11 is 0. The molecule has 0 aliphatic rings. The van der Waals surface area contributed by atoms with Gasteiger partial charge in [0.05, 0.1) is 11.6 Å². The van der Waals surface area contributed by atoms with Gasteiger partial charge in [0.1, 0.15) is 10.6 Å². The summed E-state index contributed by atoms with van der Waals surface area (Å²) in [7, 11) is -2.42. The van der Waals surface area contributed by atoms with E-state index in [-0.39, 0.29) is 17.1 Å². The second-order valence-electron chi connectivity index (χ2n) is 5.23. The molecular weight excluding hydrogens is 330 g/mol. The largest absolute Gasteiger partial charge is 0.477 e. The first-order valence-electron chi connectivity index (χ1n) is 7.18. The summed E-state index contributed by atoms with van der Waals surface area (Å²) in [6.07, 6.45) is 1.32. The van der Waals surface area contributed by atoms with E-state index in [1.165, 1.54) is 17.8 Å². The lowest BCUT2D eigenvalue weighted by atomic mass is 10.1. The maximum atomic E-state index is 12.6. The summed E-state index contributed by atoms with van der Waals surface area (Å²) in [5.41, 5.74) is 1.05. The first kappa shape index (κ1) is 17.7. The Balaban J connectivity index is 2.32. The predicted octanol–water partition coefficient (Wildman–Crippen LogP) is 1.90. The average Bonchev–Trinajstić information content (AvgIpc) is 3.00. The molecule has 8 heteroatoms. The smallest absolute Gasteiger partial charge is 0.352 e. The number of benzene rings is 1. The Bertz CT molecular complexity index is 910. The van der Waals surface area contributed by atoms with Crippen molar-refractivity contribution in [3.8, 4) is 6.07 Å². The Kier molecular flexibility index (Phi) is 5.07. The van der Waals surface area contributed by atoms with Crippen molar-refractivity contribution in [3.63, 3.8) is 0 Å². The topological polar surface area (TPSA) is 103 Å². The highest BCUT2D eigenvalue weighted by Crippen LogP contribution is 2.20. The minimum absolute atomic E-state index is 0.0688. The number of carboxylic acids is 1. The highest BCUT2D eigenvalue weighted by molar-refractivity contribution is 7.89. The maximum absolute atomic E-state index is 12.6. The number of nitrogens with zero attached hydrogens (tertiary/aromatic N) is 3. The number of hydrogen-bond donors (Lipinski definition) is 1. The average molecular weight is 347 g/mol. The van der Waals surface area contributed by atoms with Gasteiger partial charge < -0.3 is 9.67 Å². The van der Waals surface area contributed by atoms with E-state index in [2.05, 4.69) is 0 Å². The van der Waals surface area contributed by atoms with Crippen LogP contribution in [-0.2, 0) is 23.1 Å². The first-order chi connectivity index (χ1) is 11.3. The zero-order valence-electron chi connectivity index (χ0n) is 13.3. The predicted molar refractivity (Wildman–Crippen MR) is 86.9 cm³/mol. The number of nitriles is 1. The molecule has 1 N–H and O–H groups in total. The molecule has 1 aromatic carbocycles.